The average Bonchev–Trinajstić information content (AvgIpc) is 2.31. The van der Waals surface area contributed by atoms with E-state index in [4.69, 9.17) is 0 Å². The van der Waals surface area contributed by atoms with Crippen LogP contribution in [0.1, 0.15) is 58.8 Å². The molecule has 0 spiro atoms. The molecule has 19 heavy (non-hydrogen) atoms. The Hall–Kier alpha value is -0.790. The van der Waals surface area contributed by atoms with Gasteiger partial charge in [0.2, 0.25) is 5.91 Å². The molecule has 4 fully saturated rings. The third-order valence-corrected chi connectivity index (χ3v) is 5.67. The number of hydrogen-bond donors (Lipinski definition) is 1. The fourth-order valence-corrected chi connectivity index (χ4v) is 5.61. The standard InChI is InChI=1S/C17H27NO/c1-3-4-5-6-18-15(19)17-10-13-7-14(11-17)9-16(2,8-13)12-17/h3-4,13-14H,5-12H2,1-2H3,(H,18,19)/b4-3+. The van der Waals surface area contributed by atoms with Gasteiger partial charge in [0.25, 0.3) is 0 Å². The molecule has 0 heterocycles. The lowest BCUT2D eigenvalue weighted by Gasteiger charge is -2.60. The van der Waals surface area contributed by atoms with Gasteiger partial charge in [-0.2, -0.15) is 0 Å². The van der Waals surface area contributed by atoms with Crippen LogP contribution < -0.4 is 5.32 Å². The molecule has 0 radical (unpaired) electrons. The molecule has 2 unspecified atom stereocenters. The molecular weight excluding hydrogens is 234 g/mol. The quantitative estimate of drug-likeness (QED) is 0.607. The SMILES string of the molecule is C/C=C/CCNC(=O)C12CC3CC(CC(C)(C3)C1)C2. The lowest BCUT2D eigenvalue weighted by Crippen LogP contribution is -2.56. The van der Waals surface area contributed by atoms with Gasteiger partial charge in [0.15, 0.2) is 0 Å². The van der Waals surface area contributed by atoms with Crippen molar-refractivity contribution in [3.05, 3.63) is 12.2 Å². The van der Waals surface area contributed by atoms with E-state index >= 15 is 0 Å². The monoisotopic (exact) mass is 261 g/mol. The molecule has 106 valence electrons. The normalized spacial score (nSPS) is 43.9. The summed E-state index contributed by atoms with van der Waals surface area (Å²) >= 11 is 0. The molecule has 0 aromatic rings. The zero-order valence-corrected chi connectivity index (χ0v) is 12.4. The summed E-state index contributed by atoms with van der Waals surface area (Å²) in [6.07, 6.45) is 12.7. The molecule has 1 amide bonds. The van der Waals surface area contributed by atoms with Crippen molar-refractivity contribution in [1.82, 2.24) is 5.32 Å². The predicted molar refractivity (Wildman–Crippen MR) is 77.7 cm³/mol. The van der Waals surface area contributed by atoms with E-state index < -0.39 is 0 Å². The van der Waals surface area contributed by atoms with Crippen molar-refractivity contribution in [1.29, 1.82) is 0 Å². The summed E-state index contributed by atoms with van der Waals surface area (Å²) in [5.41, 5.74) is 0.458. The Labute approximate surface area is 117 Å². The van der Waals surface area contributed by atoms with Crippen molar-refractivity contribution in [3.63, 3.8) is 0 Å². The number of carbonyl (C=O) groups is 1. The summed E-state index contributed by atoms with van der Waals surface area (Å²) < 4.78 is 0. The summed E-state index contributed by atoms with van der Waals surface area (Å²) in [6.45, 7) is 5.26. The molecule has 4 bridgehead atoms. The van der Waals surface area contributed by atoms with E-state index in [0.717, 1.165) is 44.1 Å². The summed E-state index contributed by atoms with van der Waals surface area (Å²) in [7, 11) is 0. The molecule has 2 atom stereocenters. The second-order valence-corrected chi connectivity index (χ2v) is 7.67. The van der Waals surface area contributed by atoms with Crippen LogP contribution in [0.4, 0.5) is 0 Å². The number of carbonyl (C=O) groups excluding carboxylic acids is 1. The molecule has 0 aliphatic heterocycles. The number of nitrogens with one attached hydrogen (secondary N) is 1. The maximum Gasteiger partial charge on any atom is 0.226 e. The number of rotatable bonds is 4. The number of amides is 1. The number of hydrogen-bond acceptors (Lipinski definition) is 1. The van der Waals surface area contributed by atoms with Crippen LogP contribution in [0.25, 0.3) is 0 Å². The summed E-state index contributed by atoms with van der Waals surface area (Å²) in [6, 6.07) is 0. The van der Waals surface area contributed by atoms with Gasteiger partial charge in [-0.15, -0.1) is 0 Å². The molecule has 4 rings (SSSR count). The lowest BCUT2D eigenvalue weighted by molar-refractivity contribution is -0.155. The minimum absolute atomic E-state index is 0.00520. The van der Waals surface area contributed by atoms with Crippen LogP contribution in [0.3, 0.4) is 0 Å². The predicted octanol–water partition coefficient (Wildman–Crippen LogP) is 3.68. The summed E-state index contributed by atoms with van der Waals surface area (Å²) in [5, 5.41) is 3.20. The Morgan fingerprint density at radius 1 is 1.26 bits per heavy atom. The summed E-state index contributed by atoms with van der Waals surface area (Å²) in [5.74, 6) is 2.01. The van der Waals surface area contributed by atoms with E-state index in [0.29, 0.717) is 11.3 Å². The molecule has 0 aromatic carbocycles. The van der Waals surface area contributed by atoms with E-state index in [1.54, 1.807) is 0 Å². The van der Waals surface area contributed by atoms with Crippen LogP contribution in [0.5, 0.6) is 0 Å². The first-order valence-corrected chi connectivity index (χ1v) is 7.95. The molecular formula is C17H27NO. The molecule has 2 heteroatoms. The molecule has 4 saturated carbocycles. The summed E-state index contributed by atoms with van der Waals surface area (Å²) in [4.78, 5) is 12.7. The van der Waals surface area contributed by atoms with Gasteiger partial charge in [0.1, 0.15) is 0 Å². The highest BCUT2D eigenvalue weighted by atomic mass is 16.2. The van der Waals surface area contributed by atoms with Gasteiger partial charge in [-0.1, -0.05) is 19.1 Å². The molecule has 4 aliphatic rings. The van der Waals surface area contributed by atoms with Crippen molar-refractivity contribution < 1.29 is 4.79 Å². The Balaban J connectivity index is 1.67. The van der Waals surface area contributed by atoms with E-state index in [1.807, 2.05) is 6.92 Å². The van der Waals surface area contributed by atoms with Gasteiger partial charge < -0.3 is 5.32 Å². The van der Waals surface area contributed by atoms with Crippen LogP contribution in [0.15, 0.2) is 12.2 Å². The molecule has 0 saturated heterocycles. The zero-order chi connectivity index (χ0) is 13.5. The lowest BCUT2D eigenvalue weighted by atomic mass is 9.44. The Morgan fingerprint density at radius 2 is 1.95 bits per heavy atom. The Bertz CT molecular complexity index is 384. The van der Waals surface area contributed by atoms with Gasteiger partial charge in [0.05, 0.1) is 5.41 Å². The van der Waals surface area contributed by atoms with Crippen LogP contribution in [0.2, 0.25) is 0 Å². The van der Waals surface area contributed by atoms with Gasteiger partial charge in [-0.3, -0.25) is 4.79 Å². The van der Waals surface area contributed by atoms with Gasteiger partial charge >= 0.3 is 0 Å². The fourth-order valence-electron chi connectivity index (χ4n) is 5.61. The topological polar surface area (TPSA) is 29.1 Å². The first kappa shape index (κ1) is 13.2. The molecule has 4 aliphatic carbocycles. The highest BCUT2D eigenvalue weighted by Gasteiger charge is 2.58. The highest BCUT2D eigenvalue weighted by molar-refractivity contribution is 5.83. The molecule has 0 aromatic heterocycles. The Morgan fingerprint density at radius 3 is 2.53 bits per heavy atom. The number of allylic oxidation sites excluding steroid dienone is 1. The van der Waals surface area contributed by atoms with Crippen molar-refractivity contribution in [2.45, 2.75) is 58.8 Å². The first-order valence-electron chi connectivity index (χ1n) is 7.95. The van der Waals surface area contributed by atoms with Crippen LogP contribution in [-0.4, -0.2) is 12.5 Å². The second-order valence-electron chi connectivity index (χ2n) is 7.67. The third-order valence-electron chi connectivity index (χ3n) is 5.67. The van der Waals surface area contributed by atoms with Crippen LogP contribution >= 0.6 is 0 Å². The average molecular weight is 261 g/mol. The maximum atomic E-state index is 12.7. The minimum Gasteiger partial charge on any atom is -0.355 e. The van der Waals surface area contributed by atoms with Crippen molar-refractivity contribution in [2.75, 3.05) is 6.54 Å². The zero-order valence-electron chi connectivity index (χ0n) is 12.4. The molecule has 1 N–H and O–H groups in total. The van der Waals surface area contributed by atoms with Crippen molar-refractivity contribution >= 4 is 5.91 Å². The third kappa shape index (κ3) is 2.34. The minimum atomic E-state index is -0.00520. The van der Waals surface area contributed by atoms with Gasteiger partial charge in [-0.25, -0.2) is 0 Å². The first-order chi connectivity index (χ1) is 9.05. The van der Waals surface area contributed by atoms with Crippen LogP contribution in [-0.2, 0) is 4.79 Å². The van der Waals surface area contributed by atoms with E-state index in [1.165, 1.54) is 19.3 Å². The van der Waals surface area contributed by atoms with Crippen molar-refractivity contribution in [3.8, 4) is 0 Å². The largest absolute Gasteiger partial charge is 0.355 e. The van der Waals surface area contributed by atoms with E-state index in [2.05, 4.69) is 24.4 Å². The highest BCUT2D eigenvalue weighted by Crippen LogP contribution is 2.65. The van der Waals surface area contributed by atoms with Crippen molar-refractivity contribution in [2.24, 2.45) is 22.7 Å². The smallest absolute Gasteiger partial charge is 0.226 e. The van der Waals surface area contributed by atoms with Gasteiger partial charge in [0, 0.05) is 6.54 Å². The second kappa shape index (κ2) is 4.64. The van der Waals surface area contributed by atoms with E-state index in [9.17, 15) is 4.79 Å². The maximum absolute atomic E-state index is 12.7. The molecule has 2 nitrogen and oxygen atoms in total. The fraction of sp³-hybridized carbons (Fsp3) is 0.824. The van der Waals surface area contributed by atoms with Gasteiger partial charge in [-0.05, 0) is 69.1 Å². The van der Waals surface area contributed by atoms with Crippen LogP contribution in [0, 0.1) is 22.7 Å². The van der Waals surface area contributed by atoms with E-state index in [-0.39, 0.29) is 5.41 Å². The Kier molecular flexibility index (Phi) is 3.23.